The molecule has 1 aliphatic heterocycles. The van der Waals surface area contributed by atoms with Crippen LogP contribution in [0.2, 0.25) is 0 Å². The lowest BCUT2D eigenvalue weighted by molar-refractivity contribution is -0.136. The van der Waals surface area contributed by atoms with E-state index in [0.717, 1.165) is 36.5 Å². The van der Waals surface area contributed by atoms with Gasteiger partial charge in [-0.25, -0.2) is 18.2 Å². The van der Waals surface area contributed by atoms with Crippen molar-refractivity contribution < 1.29 is 23.1 Å². The molecule has 3 aliphatic rings. The number of sulfonamides is 1. The fourth-order valence-electron chi connectivity index (χ4n) is 6.01. The van der Waals surface area contributed by atoms with E-state index >= 15 is 0 Å². The van der Waals surface area contributed by atoms with E-state index in [1.807, 2.05) is 0 Å². The average molecular weight is 570 g/mol. The third kappa shape index (κ3) is 8.12. The lowest BCUT2D eigenvalue weighted by atomic mass is 9.85. The molecule has 0 aromatic carbocycles. The fraction of sp³-hybridized carbons (Fsp3) is 0.808. The number of aliphatic carboxylic acids is 1. The van der Waals surface area contributed by atoms with E-state index in [1.54, 1.807) is 6.20 Å². The van der Waals surface area contributed by atoms with Crippen LogP contribution in [0.3, 0.4) is 0 Å². The molecule has 1 saturated heterocycles. The van der Waals surface area contributed by atoms with E-state index in [1.165, 1.54) is 54.2 Å². The predicted molar refractivity (Wildman–Crippen MR) is 149 cm³/mol. The lowest BCUT2D eigenvalue weighted by Crippen LogP contribution is -2.50. The summed E-state index contributed by atoms with van der Waals surface area (Å²) < 4.78 is 26.1. The Morgan fingerprint density at radius 3 is 2.29 bits per heavy atom. The topological polar surface area (TPSA) is 123 Å². The zero-order valence-corrected chi connectivity index (χ0v) is 24.1. The Labute approximate surface area is 230 Å². The molecule has 0 bridgehead atoms. The van der Waals surface area contributed by atoms with Crippen LogP contribution in [-0.4, -0.2) is 88.6 Å². The van der Waals surface area contributed by atoms with Crippen molar-refractivity contribution in [1.29, 1.82) is 0 Å². The highest BCUT2D eigenvalue weighted by Crippen LogP contribution is 2.33. The molecule has 1 aromatic rings. The smallest absolute Gasteiger partial charge is 0.324 e. The second kappa shape index (κ2) is 13.5. The molecule has 12 heteroatoms. The van der Waals surface area contributed by atoms with Crippen molar-refractivity contribution in [2.24, 2.45) is 5.92 Å². The van der Waals surface area contributed by atoms with E-state index in [9.17, 15) is 18.0 Å². The van der Waals surface area contributed by atoms with Gasteiger partial charge in [0.15, 0.2) is 5.13 Å². The van der Waals surface area contributed by atoms with Gasteiger partial charge in [0, 0.05) is 55.9 Å². The number of urea groups is 1. The number of thiazole rings is 1. The summed E-state index contributed by atoms with van der Waals surface area (Å²) in [6.45, 7) is 4.79. The first kappa shape index (κ1) is 29.2. The molecule has 10 nitrogen and oxygen atoms in total. The molecule has 0 unspecified atom stereocenters. The number of piperazine rings is 1. The Morgan fingerprint density at radius 1 is 1.03 bits per heavy atom. The summed E-state index contributed by atoms with van der Waals surface area (Å²) in [6, 6.07) is 0.591. The van der Waals surface area contributed by atoms with E-state index in [-0.39, 0.29) is 18.2 Å². The van der Waals surface area contributed by atoms with Crippen LogP contribution >= 0.6 is 11.3 Å². The maximum atomic E-state index is 13.6. The molecule has 2 N–H and O–H groups in total. The van der Waals surface area contributed by atoms with Gasteiger partial charge in [0.05, 0.1) is 12.2 Å². The molecule has 2 aliphatic carbocycles. The number of nitrogens with zero attached hydrogens (tertiary/aromatic N) is 4. The largest absolute Gasteiger partial charge is 0.481 e. The number of carboxylic acid groups (broad SMARTS) is 1. The number of hydrogen-bond acceptors (Lipinski definition) is 7. The lowest BCUT2D eigenvalue weighted by Gasteiger charge is -2.40. The summed E-state index contributed by atoms with van der Waals surface area (Å²) in [5, 5.41) is 12.5. The minimum atomic E-state index is -3.55. The molecule has 2 heterocycles. The molecule has 2 saturated carbocycles. The standard InChI is InChI=1S/C26H43N5O5S2/c1-20-8-10-22(11-9-20)31(21-6-4-2-3-5-7-21)26(34)28-25-27-18-23(37-25)19-29-13-15-30(16-14-29)38(35,36)17-12-24(32)33/h18,20-22H,2-17,19H2,1H3,(H,32,33)(H,27,28,34)/t20-,22-. The molecule has 1 aromatic heterocycles. The van der Waals surface area contributed by atoms with Crippen molar-refractivity contribution in [2.45, 2.75) is 96.2 Å². The van der Waals surface area contributed by atoms with Crippen LogP contribution in [0.1, 0.15) is 82.4 Å². The van der Waals surface area contributed by atoms with Gasteiger partial charge in [0.1, 0.15) is 0 Å². The summed E-state index contributed by atoms with van der Waals surface area (Å²) in [4.78, 5) is 34.2. The fourth-order valence-corrected chi connectivity index (χ4v) is 8.27. The monoisotopic (exact) mass is 569 g/mol. The Bertz CT molecular complexity index is 1020. The van der Waals surface area contributed by atoms with Crippen LogP contribution in [0.25, 0.3) is 0 Å². The molecule has 38 heavy (non-hydrogen) atoms. The zero-order chi connectivity index (χ0) is 27.1. The first-order valence-electron chi connectivity index (χ1n) is 14.2. The normalized spacial score (nSPS) is 24.6. The van der Waals surface area contributed by atoms with Crippen LogP contribution in [-0.2, 0) is 21.4 Å². The Kier molecular flexibility index (Phi) is 10.4. The number of amides is 2. The second-order valence-corrected chi connectivity index (χ2v) is 14.4. The molecule has 0 radical (unpaired) electrons. The number of nitrogens with one attached hydrogen (secondary N) is 1. The number of rotatable bonds is 9. The first-order valence-corrected chi connectivity index (χ1v) is 16.6. The molecular formula is C26H43N5O5S2. The zero-order valence-electron chi connectivity index (χ0n) is 22.5. The van der Waals surface area contributed by atoms with Crippen LogP contribution < -0.4 is 5.32 Å². The van der Waals surface area contributed by atoms with Crippen molar-refractivity contribution >= 4 is 38.5 Å². The van der Waals surface area contributed by atoms with Gasteiger partial charge in [-0.15, -0.1) is 11.3 Å². The molecule has 4 rings (SSSR count). The van der Waals surface area contributed by atoms with Gasteiger partial charge in [0.2, 0.25) is 10.0 Å². The SMILES string of the molecule is C[C@H]1CC[C@H](N(C(=O)Nc2ncc(CN3CCN(S(=O)(=O)CCC(=O)O)CC3)s2)C2CCCCCC2)CC1. The van der Waals surface area contributed by atoms with Gasteiger partial charge in [-0.05, 0) is 44.4 Å². The van der Waals surface area contributed by atoms with E-state index in [0.29, 0.717) is 49.9 Å². The van der Waals surface area contributed by atoms with Gasteiger partial charge in [0.25, 0.3) is 0 Å². The van der Waals surface area contributed by atoms with Gasteiger partial charge in [-0.3, -0.25) is 15.0 Å². The van der Waals surface area contributed by atoms with E-state index in [4.69, 9.17) is 5.11 Å². The number of anilines is 1. The number of hydrogen-bond donors (Lipinski definition) is 2. The van der Waals surface area contributed by atoms with E-state index in [2.05, 4.69) is 27.0 Å². The van der Waals surface area contributed by atoms with Gasteiger partial charge in [-0.1, -0.05) is 32.6 Å². The van der Waals surface area contributed by atoms with Gasteiger partial charge in [-0.2, -0.15) is 4.31 Å². The van der Waals surface area contributed by atoms with Crippen molar-refractivity contribution in [3.05, 3.63) is 11.1 Å². The second-order valence-electron chi connectivity index (χ2n) is 11.2. The molecule has 3 fully saturated rings. The highest BCUT2D eigenvalue weighted by molar-refractivity contribution is 7.89. The highest BCUT2D eigenvalue weighted by atomic mass is 32.2. The summed E-state index contributed by atoms with van der Waals surface area (Å²) in [7, 11) is -3.55. The summed E-state index contributed by atoms with van der Waals surface area (Å²) >= 11 is 1.48. The molecule has 0 spiro atoms. The molecule has 214 valence electrons. The predicted octanol–water partition coefficient (Wildman–Crippen LogP) is 4.20. The van der Waals surface area contributed by atoms with Crippen LogP contribution in [0.15, 0.2) is 6.20 Å². The van der Waals surface area contributed by atoms with Crippen LogP contribution in [0.5, 0.6) is 0 Å². The maximum absolute atomic E-state index is 13.6. The number of carbonyl (C=O) groups excluding carboxylic acids is 1. The third-order valence-corrected chi connectivity index (χ3v) is 11.0. The highest BCUT2D eigenvalue weighted by Gasteiger charge is 2.34. The Hall–Kier alpha value is -1.76. The average Bonchev–Trinajstić information content (AvgIpc) is 3.15. The quantitative estimate of drug-likeness (QED) is 0.427. The number of aromatic nitrogens is 1. The first-order chi connectivity index (χ1) is 18.2. The van der Waals surface area contributed by atoms with Crippen LogP contribution in [0, 0.1) is 5.92 Å². The number of carboxylic acids is 1. The Balaban J connectivity index is 1.32. The van der Waals surface area contributed by atoms with E-state index < -0.39 is 16.0 Å². The minimum absolute atomic E-state index is 0.0162. The summed E-state index contributed by atoms with van der Waals surface area (Å²) in [6.07, 6.45) is 13.0. The van der Waals surface area contributed by atoms with Crippen molar-refractivity contribution in [1.82, 2.24) is 19.1 Å². The summed E-state index contributed by atoms with van der Waals surface area (Å²) in [5.74, 6) is -0.734. The molecular weight excluding hydrogens is 526 g/mol. The molecule has 0 atom stereocenters. The maximum Gasteiger partial charge on any atom is 0.324 e. The van der Waals surface area contributed by atoms with Crippen LogP contribution in [0.4, 0.5) is 9.93 Å². The Morgan fingerprint density at radius 2 is 1.66 bits per heavy atom. The van der Waals surface area contributed by atoms with Crippen molar-refractivity contribution in [2.75, 3.05) is 37.2 Å². The third-order valence-electron chi connectivity index (χ3n) is 8.28. The van der Waals surface area contributed by atoms with Gasteiger partial charge < -0.3 is 10.0 Å². The molecule has 2 amide bonds. The minimum Gasteiger partial charge on any atom is -0.481 e. The summed E-state index contributed by atoms with van der Waals surface area (Å²) in [5.41, 5.74) is 0. The van der Waals surface area contributed by atoms with Gasteiger partial charge >= 0.3 is 12.0 Å². The van der Waals surface area contributed by atoms with Crippen molar-refractivity contribution in [3.63, 3.8) is 0 Å². The number of carbonyl (C=O) groups is 2. The van der Waals surface area contributed by atoms with Crippen molar-refractivity contribution in [3.8, 4) is 0 Å².